The summed E-state index contributed by atoms with van der Waals surface area (Å²) in [5.41, 5.74) is -0.141. The van der Waals surface area contributed by atoms with Crippen molar-refractivity contribution in [2.45, 2.75) is 64.5 Å². The van der Waals surface area contributed by atoms with Crippen LogP contribution in [0.2, 0.25) is 0 Å². The van der Waals surface area contributed by atoms with Crippen LogP contribution < -0.4 is 5.32 Å². The number of aliphatic hydroxyl groups excluding tert-OH is 1. The number of aliphatic hydroxyl groups is 1. The molecule has 1 heterocycles. The van der Waals surface area contributed by atoms with E-state index < -0.39 is 0 Å². The Morgan fingerprint density at radius 2 is 2.12 bits per heavy atom. The van der Waals surface area contributed by atoms with Gasteiger partial charge in [-0.2, -0.15) is 0 Å². The molecule has 0 aromatic rings. The average Bonchev–Trinajstić information content (AvgIpc) is 2.32. The van der Waals surface area contributed by atoms with E-state index in [1.165, 1.54) is 38.6 Å². The zero-order valence-electron chi connectivity index (χ0n) is 11.8. The molecule has 0 aromatic heterocycles. The van der Waals surface area contributed by atoms with Gasteiger partial charge in [-0.3, -0.25) is 4.90 Å². The van der Waals surface area contributed by atoms with Gasteiger partial charge in [-0.05, 0) is 39.3 Å². The van der Waals surface area contributed by atoms with Crippen molar-refractivity contribution < 1.29 is 5.11 Å². The molecule has 3 heteroatoms. The molecule has 2 atom stereocenters. The van der Waals surface area contributed by atoms with Crippen molar-refractivity contribution >= 4 is 0 Å². The summed E-state index contributed by atoms with van der Waals surface area (Å²) in [5.74, 6) is 0. The Hall–Kier alpha value is -0.120. The fourth-order valence-electron chi connectivity index (χ4n) is 2.97. The molecule has 0 bridgehead atoms. The molecule has 0 saturated carbocycles. The van der Waals surface area contributed by atoms with E-state index in [-0.39, 0.29) is 12.1 Å². The summed E-state index contributed by atoms with van der Waals surface area (Å²) in [6.45, 7) is 9.82. The first kappa shape index (κ1) is 14.9. The molecule has 1 aliphatic rings. The predicted octanol–water partition coefficient (Wildman–Crippen LogP) is 2.00. The molecule has 0 amide bonds. The van der Waals surface area contributed by atoms with E-state index in [0.29, 0.717) is 0 Å². The van der Waals surface area contributed by atoms with Crippen molar-refractivity contribution in [2.24, 2.45) is 0 Å². The molecule has 1 saturated heterocycles. The molecular formula is C14H30N2O. The molecule has 1 fully saturated rings. The molecule has 0 aliphatic carbocycles. The minimum atomic E-state index is -0.141. The lowest BCUT2D eigenvalue weighted by atomic mass is 9.94. The Morgan fingerprint density at radius 3 is 2.71 bits per heavy atom. The minimum absolute atomic E-state index is 0.141. The lowest BCUT2D eigenvalue weighted by Crippen LogP contribution is -2.56. The van der Waals surface area contributed by atoms with Crippen molar-refractivity contribution in [3.63, 3.8) is 0 Å². The number of piperidine rings is 1. The number of likely N-dealkylation sites (tertiary alicyclic amines) is 1. The van der Waals surface area contributed by atoms with Gasteiger partial charge in [0, 0.05) is 12.6 Å². The number of rotatable bonds is 7. The standard InChI is InChI=1S/C14H30N2O/c1-4-8-13-9-6-7-10-16(13)11-14(3,12-17)15-5-2/h13,15,17H,4-12H2,1-3H3. The fourth-order valence-corrected chi connectivity index (χ4v) is 2.97. The van der Waals surface area contributed by atoms with Gasteiger partial charge in [0.1, 0.15) is 0 Å². The van der Waals surface area contributed by atoms with Crippen molar-refractivity contribution in [1.82, 2.24) is 10.2 Å². The van der Waals surface area contributed by atoms with Gasteiger partial charge < -0.3 is 10.4 Å². The normalized spacial score (nSPS) is 25.8. The Labute approximate surface area is 107 Å². The van der Waals surface area contributed by atoms with Crippen LogP contribution in [0.15, 0.2) is 0 Å². The average molecular weight is 242 g/mol. The molecule has 102 valence electrons. The Kier molecular flexibility index (Phi) is 6.45. The van der Waals surface area contributed by atoms with Crippen LogP contribution in [0.5, 0.6) is 0 Å². The van der Waals surface area contributed by atoms with Crippen molar-refractivity contribution in [3.05, 3.63) is 0 Å². The summed E-state index contributed by atoms with van der Waals surface area (Å²) < 4.78 is 0. The van der Waals surface area contributed by atoms with Gasteiger partial charge in [-0.15, -0.1) is 0 Å². The minimum Gasteiger partial charge on any atom is -0.394 e. The first-order chi connectivity index (χ1) is 8.15. The highest BCUT2D eigenvalue weighted by atomic mass is 16.3. The fraction of sp³-hybridized carbons (Fsp3) is 1.00. The van der Waals surface area contributed by atoms with Crippen molar-refractivity contribution in [1.29, 1.82) is 0 Å². The monoisotopic (exact) mass is 242 g/mol. The summed E-state index contributed by atoms with van der Waals surface area (Å²) in [5, 5.41) is 13.0. The smallest absolute Gasteiger partial charge is 0.0623 e. The number of hydrogen-bond donors (Lipinski definition) is 2. The van der Waals surface area contributed by atoms with Crippen molar-refractivity contribution in [2.75, 3.05) is 26.2 Å². The second-order valence-electron chi connectivity index (χ2n) is 5.66. The van der Waals surface area contributed by atoms with Crippen LogP contribution in [-0.4, -0.2) is 47.8 Å². The van der Waals surface area contributed by atoms with Crippen LogP contribution in [-0.2, 0) is 0 Å². The molecule has 2 unspecified atom stereocenters. The summed E-state index contributed by atoms with van der Waals surface area (Å²) >= 11 is 0. The van der Waals surface area contributed by atoms with E-state index in [9.17, 15) is 5.11 Å². The summed E-state index contributed by atoms with van der Waals surface area (Å²) in [6.07, 6.45) is 6.58. The van der Waals surface area contributed by atoms with E-state index in [4.69, 9.17) is 0 Å². The van der Waals surface area contributed by atoms with E-state index in [1.807, 2.05) is 0 Å². The summed E-state index contributed by atoms with van der Waals surface area (Å²) in [7, 11) is 0. The van der Waals surface area contributed by atoms with Crippen LogP contribution in [0.25, 0.3) is 0 Å². The zero-order chi connectivity index (χ0) is 12.7. The summed E-state index contributed by atoms with van der Waals surface area (Å²) in [4.78, 5) is 2.59. The Bertz CT molecular complexity index is 208. The Balaban J connectivity index is 2.55. The molecule has 0 radical (unpaired) electrons. The molecule has 2 N–H and O–H groups in total. The van der Waals surface area contributed by atoms with E-state index in [1.54, 1.807) is 0 Å². The molecule has 1 aliphatic heterocycles. The highest BCUT2D eigenvalue weighted by Gasteiger charge is 2.30. The van der Waals surface area contributed by atoms with Crippen LogP contribution in [0.3, 0.4) is 0 Å². The number of likely N-dealkylation sites (N-methyl/N-ethyl adjacent to an activating group) is 1. The first-order valence-corrected chi connectivity index (χ1v) is 7.25. The summed E-state index contributed by atoms with van der Waals surface area (Å²) in [6, 6.07) is 0.735. The van der Waals surface area contributed by atoms with Gasteiger partial charge in [0.15, 0.2) is 0 Å². The number of nitrogens with zero attached hydrogens (tertiary/aromatic N) is 1. The second-order valence-corrected chi connectivity index (χ2v) is 5.66. The predicted molar refractivity (Wildman–Crippen MR) is 73.3 cm³/mol. The number of nitrogens with one attached hydrogen (secondary N) is 1. The lowest BCUT2D eigenvalue weighted by Gasteiger charge is -2.41. The van der Waals surface area contributed by atoms with E-state index in [0.717, 1.165) is 19.1 Å². The third-order valence-electron chi connectivity index (χ3n) is 3.88. The van der Waals surface area contributed by atoms with E-state index >= 15 is 0 Å². The maximum absolute atomic E-state index is 9.57. The zero-order valence-corrected chi connectivity index (χ0v) is 11.8. The molecule has 1 rings (SSSR count). The second kappa shape index (κ2) is 7.34. The maximum Gasteiger partial charge on any atom is 0.0623 e. The molecule has 3 nitrogen and oxygen atoms in total. The topological polar surface area (TPSA) is 35.5 Å². The first-order valence-electron chi connectivity index (χ1n) is 7.25. The number of hydrogen-bond acceptors (Lipinski definition) is 3. The third-order valence-corrected chi connectivity index (χ3v) is 3.88. The largest absolute Gasteiger partial charge is 0.394 e. The molecule has 0 aromatic carbocycles. The lowest BCUT2D eigenvalue weighted by molar-refractivity contribution is 0.0712. The highest BCUT2D eigenvalue weighted by molar-refractivity contribution is 4.89. The van der Waals surface area contributed by atoms with Crippen LogP contribution in [0.4, 0.5) is 0 Å². The van der Waals surface area contributed by atoms with Crippen LogP contribution in [0, 0.1) is 0 Å². The van der Waals surface area contributed by atoms with Crippen LogP contribution >= 0.6 is 0 Å². The Morgan fingerprint density at radius 1 is 1.35 bits per heavy atom. The van der Waals surface area contributed by atoms with Gasteiger partial charge >= 0.3 is 0 Å². The third kappa shape index (κ3) is 4.57. The molecular weight excluding hydrogens is 212 g/mol. The van der Waals surface area contributed by atoms with Crippen molar-refractivity contribution in [3.8, 4) is 0 Å². The maximum atomic E-state index is 9.57. The highest BCUT2D eigenvalue weighted by Crippen LogP contribution is 2.22. The molecule has 0 spiro atoms. The van der Waals surface area contributed by atoms with Gasteiger partial charge in [0.25, 0.3) is 0 Å². The van der Waals surface area contributed by atoms with Gasteiger partial charge in [-0.1, -0.05) is 26.7 Å². The van der Waals surface area contributed by atoms with Crippen LogP contribution in [0.1, 0.15) is 52.9 Å². The molecule has 17 heavy (non-hydrogen) atoms. The quantitative estimate of drug-likeness (QED) is 0.717. The van der Waals surface area contributed by atoms with Gasteiger partial charge in [0.2, 0.25) is 0 Å². The van der Waals surface area contributed by atoms with Gasteiger partial charge in [-0.25, -0.2) is 0 Å². The van der Waals surface area contributed by atoms with E-state index in [2.05, 4.69) is 31.0 Å². The van der Waals surface area contributed by atoms with Gasteiger partial charge in [0.05, 0.1) is 12.1 Å². The SMILES string of the molecule is CCCC1CCCCN1CC(C)(CO)NCC.